The quantitative estimate of drug-likeness (QED) is 0.915. The SMILES string of the molecule is CC(NC(=O)c1c(N)cnn1C)c1ccc(Cl)cc1Cl. The number of anilines is 1. The van der Waals surface area contributed by atoms with Gasteiger partial charge in [0.1, 0.15) is 5.69 Å². The first-order valence-electron chi connectivity index (χ1n) is 5.93. The number of halogens is 2. The van der Waals surface area contributed by atoms with Gasteiger partial charge < -0.3 is 11.1 Å². The van der Waals surface area contributed by atoms with Crippen LogP contribution in [0.1, 0.15) is 29.0 Å². The number of nitrogen functional groups attached to an aromatic ring is 1. The van der Waals surface area contributed by atoms with E-state index in [0.29, 0.717) is 21.4 Å². The average Bonchev–Trinajstić information content (AvgIpc) is 2.68. The minimum Gasteiger partial charge on any atom is -0.396 e. The second-order valence-corrected chi connectivity index (χ2v) is 5.28. The lowest BCUT2D eigenvalue weighted by molar-refractivity contribution is 0.0931. The van der Waals surface area contributed by atoms with E-state index in [9.17, 15) is 4.79 Å². The van der Waals surface area contributed by atoms with E-state index in [4.69, 9.17) is 28.9 Å². The zero-order valence-corrected chi connectivity index (χ0v) is 12.5. The molecule has 0 bridgehead atoms. The Hall–Kier alpha value is -1.72. The summed E-state index contributed by atoms with van der Waals surface area (Å²) in [6, 6.07) is 4.87. The van der Waals surface area contributed by atoms with Gasteiger partial charge in [0.25, 0.3) is 5.91 Å². The Labute approximate surface area is 126 Å². The second-order valence-electron chi connectivity index (χ2n) is 4.43. The predicted octanol–water partition coefficient (Wildman–Crippen LogP) is 2.80. The summed E-state index contributed by atoms with van der Waals surface area (Å²) in [6.07, 6.45) is 1.44. The molecule has 0 fully saturated rings. The molecule has 1 amide bonds. The van der Waals surface area contributed by atoms with Gasteiger partial charge in [-0.15, -0.1) is 0 Å². The first-order valence-corrected chi connectivity index (χ1v) is 6.69. The Morgan fingerprint density at radius 2 is 2.15 bits per heavy atom. The van der Waals surface area contributed by atoms with Crippen LogP contribution in [0.15, 0.2) is 24.4 Å². The molecule has 106 valence electrons. The van der Waals surface area contributed by atoms with Crippen LogP contribution in [0.2, 0.25) is 10.0 Å². The molecule has 5 nitrogen and oxygen atoms in total. The first kappa shape index (κ1) is 14.7. The van der Waals surface area contributed by atoms with Crippen molar-refractivity contribution in [3.8, 4) is 0 Å². The van der Waals surface area contributed by atoms with Crippen LogP contribution >= 0.6 is 23.2 Å². The number of hydrogen-bond donors (Lipinski definition) is 2. The number of carbonyl (C=O) groups is 1. The minimum absolute atomic E-state index is 0.276. The maximum absolute atomic E-state index is 12.2. The zero-order chi connectivity index (χ0) is 14.9. The topological polar surface area (TPSA) is 72.9 Å². The number of benzene rings is 1. The van der Waals surface area contributed by atoms with E-state index in [0.717, 1.165) is 5.56 Å². The van der Waals surface area contributed by atoms with E-state index in [1.165, 1.54) is 10.9 Å². The summed E-state index contributed by atoms with van der Waals surface area (Å²) in [5.74, 6) is -0.305. The molecule has 0 aliphatic carbocycles. The van der Waals surface area contributed by atoms with Gasteiger partial charge in [-0.05, 0) is 24.6 Å². The highest BCUT2D eigenvalue weighted by Crippen LogP contribution is 2.26. The van der Waals surface area contributed by atoms with Crippen LogP contribution in [-0.4, -0.2) is 15.7 Å². The molecule has 1 heterocycles. The van der Waals surface area contributed by atoms with Crippen molar-refractivity contribution >= 4 is 34.8 Å². The Bertz CT molecular complexity index is 634. The Morgan fingerprint density at radius 3 is 2.70 bits per heavy atom. The van der Waals surface area contributed by atoms with E-state index in [2.05, 4.69) is 10.4 Å². The summed E-state index contributed by atoms with van der Waals surface area (Å²) in [5, 5.41) is 7.82. The van der Waals surface area contributed by atoms with Gasteiger partial charge in [-0.25, -0.2) is 0 Å². The minimum atomic E-state index is -0.305. The summed E-state index contributed by atoms with van der Waals surface area (Å²) in [7, 11) is 1.66. The summed E-state index contributed by atoms with van der Waals surface area (Å²) >= 11 is 12.0. The Balaban J connectivity index is 2.19. The predicted molar refractivity (Wildman–Crippen MR) is 80.0 cm³/mol. The molecule has 3 N–H and O–H groups in total. The third-order valence-corrected chi connectivity index (χ3v) is 3.52. The monoisotopic (exact) mass is 312 g/mol. The maximum atomic E-state index is 12.2. The number of nitrogens with one attached hydrogen (secondary N) is 1. The van der Waals surface area contributed by atoms with Crippen LogP contribution in [0.4, 0.5) is 5.69 Å². The van der Waals surface area contributed by atoms with Crippen molar-refractivity contribution in [1.29, 1.82) is 0 Å². The molecule has 0 saturated heterocycles. The number of aromatic nitrogens is 2. The zero-order valence-electron chi connectivity index (χ0n) is 11.0. The normalized spacial score (nSPS) is 12.2. The van der Waals surface area contributed by atoms with E-state index in [-0.39, 0.29) is 11.9 Å². The second kappa shape index (κ2) is 5.73. The summed E-state index contributed by atoms with van der Waals surface area (Å²) in [5.41, 5.74) is 7.16. The number of aryl methyl sites for hydroxylation is 1. The molecule has 1 unspecified atom stereocenters. The first-order chi connectivity index (χ1) is 9.40. The molecule has 0 spiro atoms. The van der Waals surface area contributed by atoms with Gasteiger partial charge >= 0.3 is 0 Å². The summed E-state index contributed by atoms with van der Waals surface area (Å²) < 4.78 is 1.43. The van der Waals surface area contributed by atoms with Crippen LogP contribution in [0.5, 0.6) is 0 Å². The van der Waals surface area contributed by atoms with E-state index < -0.39 is 0 Å². The molecule has 0 aliphatic heterocycles. The van der Waals surface area contributed by atoms with Crippen molar-refractivity contribution in [2.24, 2.45) is 7.05 Å². The van der Waals surface area contributed by atoms with Crippen LogP contribution < -0.4 is 11.1 Å². The van der Waals surface area contributed by atoms with Crippen molar-refractivity contribution in [1.82, 2.24) is 15.1 Å². The molecular formula is C13H14Cl2N4O. The van der Waals surface area contributed by atoms with Gasteiger partial charge in [0, 0.05) is 17.1 Å². The van der Waals surface area contributed by atoms with Crippen LogP contribution in [0.25, 0.3) is 0 Å². The maximum Gasteiger partial charge on any atom is 0.272 e. The van der Waals surface area contributed by atoms with Crippen molar-refractivity contribution in [3.05, 3.63) is 45.7 Å². The number of rotatable bonds is 3. The van der Waals surface area contributed by atoms with Crippen LogP contribution in [0, 0.1) is 0 Å². The standard InChI is InChI=1S/C13H14Cl2N4O/c1-7(9-4-3-8(14)5-10(9)15)18-13(20)12-11(16)6-17-19(12)2/h3-7H,16H2,1-2H3,(H,18,20). The molecule has 7 heteroatoms. The molecule has 1 aromatic heterocycles. The van der Waals surface area contributed by atoms with Crippen molar-refractivity contribution in [2.75, 3.05) is 5.73 Å². The number of hydrogen-bond acceptors (Lipinski definition) is 3. The molecular weight excluding hydrogens is 299 g/mol. The molecule has 0 saturated carbocycles. The third kappa shape index (κ3) is 2.89. The third-order valence-electron chi connectivity index (χ3n) is 2.96. The molecule has 0 radical (unpaired) electrons. The van der Waals surface area contributed by atoms with Crippen molar-refractivity contribution in [2.45, 2.75) is 13.0 Å². The number of carbonyl (C=O) groups excluding carboxylic acids is 1. The van der Waals surface area contributed by atoms with Gasteiger partial charge in [-0.1, -0.05) is 29.3 Å². The summed E-state index contributed by atoms with van der Waals surface area (Å²) in [4.78, 5) is 12.2. The lowest BCUT2D eigenvalue weighted by Gasteiger charge is -2.16. The fourth-order valence-electron chi connectivity index (χ4n) is 1.93. The summed E-state index contributed by atoms with van der Waals surface area (Å²) in [6.45, 7) is 1.83. The Morgan fingerprint density at radius 1 is 1.45 bits per heavy atom. The van der Waals surface area contributed by atoms with Crippen molar-refractivity contribution < 1.29 is 4.79 Å². The van der Waals surface area contributed by atoms with Gasteiger partial charge in [0.2, 0.25) is 0 Å². The largest absolute Gasteiger partial charge is 0.396 e. The molecule has 1 atom stereocenters. The van der Waals surface area contributed by atoms with Gasteiger partial charge in [-0.2, -0.15) is 5.10 Å². The fraction of sp³-hybridized carbons (Fsp3) is 0.231. The number of amides is 1. The number of nitrogens with zero attached hydrogens (tertiary/aromatic N) is 2. The highest BCUT2D eigenvalue weighted by Gasteiger charge is 2.19. The molecule has 20 heavy (non-hydrogen) atoms. The highest BCUT2D eigenvalue weighted by atomic mass is 35.5. The highest BCUT2D eigenvalue weighted by molar-refractivity contribution is 6.35. The van der Waals surface area contributed by atoms with Gasteiger partial charge in [0.15, 0.2) is 0 Å². The molecule has 2 aromatic rings. The molecule has 1 aromatic carbocycles. The molecule has 0 aliphatic rings. The van der Waals surface area contributed by atoms with Gasteiger partial charge in [-0.3, -0.25) is 9.48 Å². The van der Waals surface area contributed by atoms with Gasteiger partial charge in [0.05, 0.1) is 17.9 Å². The Kier molecular flexibility index (Phi) is 4.20. The smallest absolute Gasteiger partial charge is 0.272 e. The molecule has 2 rings (SSSR count). The van der Waals surface area contributed by atoms with E-state index >= 15 is 0 Å². The van der Waals surface area contributed by atoms with Crippen LogP contribution in [-0.2, 0) is 7.05 Å². The van der Waals surface area contributed by atoms with Crippen LogP contribution in [0.3, 0.4) is 0 Å². The average molecular weight is 313 g/mol. The van der Waals surface area contributed by atoms with Crippen molar-refractivity contribution in [3.63, 3.8) is 0 Å². The number of nitrogens with two attached hydrogens (primary N) is 1. The van der Waals surface area contributed by atoms with E-state index in [1.807, 2.05) is 6.92 Å². The van der Waals surface area contributed by atoms with E-state index in [1.54, 1.807) is 25.2 Å². The lowest BCUT2D eigenvalue weighted by Crippen LogP contribution is -2.29. The lowest BCUT2D eigenvalue weighted by atomic mass is 10.1. The fourth-order valence-corrected chi connectivity index (χ4v) is 2.50.